The van der Waals surface area contributed by atoms with Crippen molar-refractivity contribution in [2.24, 2.45) is 5.73 Å². The predicted octanol–water partition coefficient (Wildman–Crippen LogP) is -0.330. The maximum Gasteiger partial charge on any atom is 0.151 e. The molecule has 14 heavy (non-hydrogen) atoms. The molecule has 6 N–H and O–H groups in total. The van der Waals surface area contributed by atoms with E-state index in [1.54, 1.807) is 0 Å². The van der Waals surface area contributed by atoms with Gasteiger partial charge < -0.3 is 21.7 Å². The molecule has 0 fully saturated rings. The molecule has 0 aliphatic rings. The number of hydrogen-bond donors (Lipinski definition) is 4. The lowest BCUT2D eigenvalue weighted by Crippen LogP contribution is -2.27. The third-order valence-electron chi connectivity index (χ3n) is 1.83. The van der Waals surface area contributed by atoms with Gasteiger partial charge in [0.05, 0.1) is 11.8 Å². The fraction of sp³-hybridized carbons (Fsp3) is 0.375. The second-order valence-electron chi connectivity index (χ2n) is 2.90. The highest BCUT2D eigenvalue weighted by atomic mass is 35.5. The summed E-state index contributed by atoms with van der Waals surface area (Å²) in [5.74, 6) is 0. The Balaban J connectivity index is 2.91. The van der Waals surface area contributed by atoms with Crippen LogP contribution in [0.25, 0.3) is 0 Å². The summed E-state index contributed by atoms with van der Waals surface area (Å²) in [6.07, 6.45) is -0.771. The van der Waals surface area contributed by atoms with Crippen LogP contribution in [0.4, 0.5) is 5.69 Å². The molecule has 78 valence electrons. The van der Waals surface area contributed by atoms with E-state index in [9.17, 15) is 10.2 Å². The Morgan fingerprint density at radius 2 is 2.14 bits per heavy atom. The molecule has 0 bridgehead atoms. The van der Waals surface area contributed by atoms with Crippen LogP contribution in [0.1, 0.15) is 11.7 Å². The Kier molecular flexibility index (Phi) is 3.65. The molecular weight excluding hydrogens is 206 g/mol. The maximum atomic E-state index is 9.54. The normalized spacial score (nSPS) is 15.1. The lowest BCUT2D eigenvalue weighted by atomic mass is 10.1. The summed E-state index contributed by atoms with van der Waals surface area (Å²) in [4.78, 5) is 3.74. The van der Waals surface area contributed by atoms with Crippen LogP contribution in [0.2, 0.25) is 5.15 Å². The van der Waals surface area contributed by atoms with E-state index < -0.39 is 12.2 Å². The van der Waals surface area contributed by atoms with Crippen LogP contribution >= 0.6 is 11.6 Å². The van der Waals surface area contributed by atoms with E-state index in [4.69, 9.17) is 23.1 Å². The van der Waals surface area contributed by atoms with Crippen molar-refractivity contribution in [2.75, 3.05) is 12.3 Å². The first-order valence-corrected chi connectivity index (χ1v) is 4.41. The van der Waals surface area contributed by atoms with Crippen LogP contribution in [0.5, 0.6) is 0 Å². The first-order chi connectivity index (χ1) is 6.56. The van der Waals surface area contributed by atoms with Gasteiger partial charge in [0.25, 0.3) is 0 Å². The fourth-order valence-electron chi connectivity index (χ4n) is 0.995. The number of nitrogens with zero attached hydrogens (tertiary/aromatic N) is 1. The molecule has 1 heterocycles. The zero-order chi connectivity index (χ0) is 10.7. The lowest BCUT2D eigenvalue weighted by molar-refractivity contribution is 0.0242. The van der Waals surface area contributed by atoms with Crippen LogP contribution in [0.15, 0.2) is 12.3 Å². The van der Waals surface area contributed by atoms with E-state index in [0.29, 0.717) is 5.56 Å². The molecule has 0 aliphatic heterocycles. The molecule has 0 aromatic carbocycles. The van der Waals surface area contributed by atoms with Crippen molar-refractivity contribution in [1.29, 1.82) is 0 Å². The van der Waals surface area contributed by atoms with Crippen LogP contribution in [0, 0.1) is 0 Å². The highest BCUT2D eigenvalue weighted by Gasteiger charge is 2.17. The molecule has 2 atom stereocenters. The SMILES string of the molecule is NCC(O)C(O)c1cnc(Cl)c(N)c1. The van der Waals surface area contributed by atoms with Crippen molar-refractivity contribution >= 4 is 17.3 Å². The number of anilines is 1. The molecule has 2 unspecified atom stereocenters. The molecule has 0 saturated heterocycles. The number of nitrogen functional groups attached to an aromatic ring is 1. The monoisotopic (exact) mass is 217 g/mol. The number of nitrogens with two attached hydrogens (primary N) is 2. The van der Waals surface area contributed by atoms with Crippen LogP contribution < -0.4 is 11.5 Å². The first kappa shape index (κ1) is 11.2. The highest BCUT2D eigenvalue weighted by Crippen LogP contribution is 2.22. The van der Waals surface area contributed by atoms with Gasteiger partial charge in [-0.2, -0.15) is 0 Å². The lowest BCUT2D eigenvalue weighted by Gasteiger charge is -2.16. The van der Waals surface area contributed by atoms with Gasteiger partial charge in [-0.25, -0.2) is 4.98 Å². The zero-order valence-corrected chi connectivity index (χ0v) is 8.15. The third kappa shape index (κ3) is 2.33. The number of pyridine rings is 1. The van der Waals surface area contributed by atoms with E-state index in [1.165, 1.54) is 12.3 Å². The van der Waals surface area contributed by atoms with Crippen LogP contribution in [0.3, 0.4) is 0 Å². The minimum atomic E-state index is -1.09. The predicted molar refractivity (Wildman–Crippen MR) is 53.7 cm³/mol. The van der Waals surface area contributed by atoms with E-state index in [1.807, 2.05) is 0 Å². The summed E-state index contributed by atoms with van der Waals surface area (Å²) in [7, 11) is 0. The third-order valence-corrected chi connectivity index (χ3v) is 2.15. The molecule has 1 aromatic rings. The van der Waals surface area contributed by atoms with Crippen molar-refractivity contribution in [3.05, 3.63) is 23.0 Å². The smallest absolute Gasteiger partial charge is 0.151 e. The van der Waals surface area contributed by atoms with Crippen molar-refractivity contribution in [3.8, 4) is 0 Å². The van der Waals surface area contributed by atoms with Gasteiger partial charge in [-0.1, -0.05) is 11.6 Å². The number of rotatable bonds is 3. The summed E-state index contributed by atoms with van der Waals surface area (Å²) >= 11 is 5.59. The second-order valence-corrected chi connectivity index (χ2v) is 3.25. The van der Waals surface area contributed by atoms with E-state index >= 15 is 0 Å². The van der Waals surface area contributed by atoms with E-state index in [2.05, 4.69) is 4.98 Å². The van der Waals surface area contributed by atoms with Gasteiger partial charge in [0.1, 0.15) is 6.10 Å². The van der Waals surface area contributed by atoms with E-state index in [-0.39, 0.29) is 17.4 Å². The van der Waals surface area contributed by atoms with Gasteiger partial charge in [0.15, 0.2) is 5.15 Å². The van der Waals surface area contributed by atoms with Gasteiger partial charge in [-0.15, -0.1) is 0 Å². The zero-order valence-electron chi connectivity index (χ0n) is 7.39. The fourth-order valence-corrected chi connectivity index (χ4v) is 1.10. The quantitative estimate of drug-likeness (QED) is 0.519. The summed E-state index contributed by atoms with van der Waals surface area (Å²) < 4.78 is 0. The molecule has 0 radical (unpaired) electrons. The number of aliphatic hydroxyl groups excluding tert-OH is 2. The minimum Gasteiger partial charge on any atom is -0.396 e. The maximum absolute atomic E-state index is 9.54. The molecule has 1 aromatic heterocycles. The Hall–Kier alpha value is -0.880. The summed E-state index contributed by atoms with van der Waals surface area (Å²) in [5, 5.41) is 19.0. The molecule has 5 nitrogen and oxygen atoms in total. The Morgan fingerprint density at radius 3 is 2.64 bits per heavy atom. The standard InChI is InChI=1S/C8H12ClN3O2/c9-8-5(11)1-4(3-12-8)7(14)6(13)2-10/h1,3,6-7,13-14H,2,10-11H2. The summed E-state index contributed by atoms with van der Waals surface area (Å²) in [5.41, 5.74) is 11.3. The number of hydrogen-bond acceptors (Lipinski definition) is 5. The molecule has 0 saturated carbocycles. The van der Waals surface area contributed by atoms with Gasteiger partial charge in [0, 0.05) is 18.3 Å². The summed E-state index contributed by atoms with van der Waals surface area (Å²) in [6.45, 7) is -0.0380. The topological polar surface area (TPSA) is 105 Å². The average molecular weight is 218 g/mol. The Bertz CT molecular complexity index is 321. The van der Waals surface area contributed by atoms with Crippen molar-refractivity contribution in [3.63, 3.8) is 0 Å². The van der Waals surface area contributed by atoms with Gasteiger partial charge in [-0.05, 0) is 6.07 Å². The molecule has 1 rings (SSSR count). The van der Waals surface area contributed by atoms with Gasteiger partial charge >= 0.3 is 0 Å². The van der Waals surface area contributed by atoms with Gasteiger partial charge in [-0.3, -0.25) is 0 Å². The highest BCUT2D eigenvalue weighted by molar-refractivity contribution is 6.31. The summed E-state index contributed by atoms with van der Waals surface area (Å²) in [6, 6.07) is 1.46. The van der Waals surface area contributed by atoms with Crippen molar-refractivity contribution < 1.29 is 10.2 Å². The number of halogens is 1. The first-order valence-electron chi connectivity index (χ1n) is 4.03. The second kappa shape index (κ2) is 4.56. The largest absolute Gasteiger partial charge is 0.396 e. The van der Waals surface area contributed by atoms with Crippen LogP contribution in [-0.4, -0.2) is 27.8 Å². The Morgan fingerprint density at radius 1 is 1.50 bits per heavy atom. The molecule has 0 amide bonds. The number of aliphatic hydroxyl groups is 2. The average Bonchev–Trinajstić information content (AvgIpc) is 2.20. The van der Waals surface area contributed by atoms with Gasteiger partial charge in [0.2, 0.25) is 0 Å². The minimum absolute atomic E-state index is 0.0380. The van der Waals surface area contributed by atoms with Crippen LogP contribution in [-0.2, 0) is 0 Å². The molecule has 0 spiro atoms. The molecular formula is C8H12ClN3O2. The van der Waals surface area contributed by atoms with Crippen molar-refractivity contribution in [1.82, 2.24) is 4.98 Å². The number of aromatic nitrogens is 1. The molecule has 6 heteroatoms. The van der Waals surface area contributed by atoms with Crippen molar-refractivity contribution in [2.45, 2.75) is 12.2 Å². The Labute approximate surface area is 86.3 Å². The van der Waals surface area contributed by atoms with E-state index in [0.717, 1.165) is 0 Å². The molecule has 0 aliphatic carbocycles.